The Morgan fingerprint density at radius 1 is 1.19 bits per heavy atom. The van der Waals surface area contributed by atoms with Gasteiger partial charge in [0.1, 0.15) is 0 Å². The third-order valence-electron chi connectivity index (χ3n) is 5.64. The molecule has 1 aliphatic carbocycles. The van der Waals surface area contributed by atoms with E-state index in [1.165, 1.54) is 18.5 Å². The van der Waals surface area contributed by atoms with Crippen molar-refractivity contribution in [3.8, 4) is 0 Å². The summed E-state index contributed by atoms with van der Waals surface area (Å²) in [5, 5.41) is 13.3. The zero-order chi connectivity index (χ0) is 19.1. The van der Waals surface area contributed by atoms with Crippen LogP contribution in [0.4, 0.5) is 10.5 Å². The minimum Gasteiger partial charge on any atom is -0.368 e. The second kappa shape index (κ2) is 9.60. The van der Waals surface area contributed by atoms with E-state index in [1.54, 1.807) is 0 Å². The first-order chi connectivity index (χ1) is 13.2. The first kappa shape index (κ1) is 19.5. The first-order valence-corrected chi connectivity index (χ1v) is 9.92. The predicted octanol–water partition coefficient (Wildman–Crippen LogP) is 2.31. The summed E-state index contributed by atoms with van der Waals surface area (Å²) in [6.45, 7) is 3.05. The van der Waals surface area contributed by atoms with Crippen molar-refractivity contribution in [1.82, 2.24) is 15.3 Å². The minimum atomic E-state index is -0.219. The molecule has 1 aliphatic heterocycles. The van der Waals surface area contributed by atoms with Gasteiger partial charge in [0.2, 0.25) is 6.41 Å². The molecule has 0 spiro atoms. The van der Waals surface area contributed by atoms with Crippen LogP contribution in [0.5, 0.6) is 0 Å². The lowest BCUT2D eigenvalue weighted by molar-refractivity contribution is -0.151. The molecule has 7 heteroatoms. The molecule has 7 nitrogen and oxygen atoms in total. The molecule has 1 unspecified atom stereocenters. The maximum atomic E-state index is 12.7. The van der Waals surface area contributed by atoms with Crippen molar-refractivity contribution in [3.05, 3.63) is 30.3 Å². The van der Waals surface area contributed by atoms with E-state index in [0.717, 1.165) is 32.4 Å². The molecule has 2 aliphatic rings. The van der Waals surface area contributed by atoms with Gasteiger partial charge in [0.25, 0.3) is 0 Å². The van der Waals surface area contributed by atoms with Crippen LogP contribution in [0.25, 0.3) is 0 Å². The van der Waals surface area contributed by atoms with E-state index in [-0.39, 0.29) is 18.6 Å². The smallest absolute Gasteiger partial charge is 0.317 e. The summed E-state index contributed by atoms with van der Waals surface area (Å²) in [6.07, 6.45) is 5.98. The second-order valence-electron chi connectivity index (χ2n) is 7.57. The molecular weight excluding hydrogens is 344 g/mol. The molecule has 1 aromatic carbocycles. The predicted molar refractivity (Wildman–Crippen MR) is 104 cm³/mol. The van der Waals surface area contributed by atoms with E-state index in [4.69, 9.17) is 0 Å². The highest BCUT2D eigenvalue weighted by Crippen LogP contribution is 2.28. The Bertz CT molecular complexity index is 599. The number of hydroxylamine groups is 2. The minimum absolute atomic E-state index is 0.106. The number of hydrogen-bond donors (Lipinski definition) is 2. The Morgan fingerprint density at radius 3 is 2.48 bits per heavy atom. The summed E-state index contributed by atoms with van der Waals surface area (Å²) in [7, 11) is 0. The Hall–Kier alpha value is -2.28. The molecular formula is C20H30N4O3. The molecule has 0 radical (unpaired) electrons. The van der Waals surface area contributed by atoms with Crippen molar-refractivity contribution in [1.29, 1.82) is 0 Å². The Balaban J connectivity index is 1.51. The third kappa shape index (κ3) is 5.60. The fourth-order valence-electron chi connectivity index (χ4n) is 4.17. The van der Waals surface area contributed by atoms with Gasteiger partial charge in [-0.3, -0.25) is 10.0 Å². The standard InChI is InChI=1S/C20H30N4O3/c25-16-24(27)15-18(14-17-6-4-5-7-17)21-20(26)23-12-10-22(11-13-23)19-8-2-1-3-9-19/h1-3,8-9,16-18,27H,4-7,10-15H2,(H,21,26). The van der Waals surface area contributed by atoms with E-state index in [1.807, 2.05) is 23.1 Å². The molecule has 1 heterocycles. The van der Waals surface area contributed by atoms with Crippen molar-refractivity contribution >= 4 is 18.1 Å². The zero-order valence-electron chi connectivity index (χ0n) is 15.8. The largest absolute Gasteiger partial charge is 0.368 e. The SMILES string of the molecule is O=CN(O)CC(CC1CCCC1)NC(=O)N1CCN(c2ccccc2)CC1. The normalized spacial score (nSPS) is 19.0. The van der Waals surface area contributed by atoms with E-state index in [0.29, 0.717) is 30.5 Å². The molecule has 1 aromatic rings. The fraction of sp³-hybridized carbons (Fsp3) is 0.600. The Kier molecular flexibility index (Phi) is 6.92. The van der Waals surface area contributed by atoms with Crippen molar-refractivity contribution in [2.75, 3.05) is 37.6 Å². The molecule has 1 saturated carbocycles. The van der Waals surface area contributed by atoms with Gasteiger partial charge in [0.05, 0.1) is 12.6 Å². The number of carbonyl (C=O) groups excluding carboxylic acids is 2. The number of nitrogens with zero attached hydrogens (tertiary/aromatic N) is 3. The lowest BCUT2D eigenvalue weighted by atomic mass is 9.98. The topological polar surface area (TPSA) is 76.1 Å². The lowest BCUT2D eigenvalue weighted by Gasteiger charge is -2.37. The molecule has 1 saturated heterocycles. The van der Waals surface area contributed by atoms with Crippen LogP contribution in [-0.4, -0.2) is 66.4 Å². The molecule has 1 atom stereocenters. The van der Waals surface area contributed by atoms with Gasteiger partial charge in [0, 0.05) is 31.9 Å². The Labute approximate surface area is 160 Å². The number of nitrogens with one attached hydrogen (secondary N) is 1. The molecule has 0 aromatic heterocycles. The van der Waals surface area contributed by atoms with Gasteiger partial charge in [0.15, 0.2) is 0 Å². The van der Waals surface area contributed by atoms with Crippen molar-refractivity contribution < 1.29 is 14.8 Å². The van der Waals surface area contributed by atoms with Gasteiger partial charge in [-0.25, -0.2) is 9.86 Å². The van der Waals surface area contributed by atoms with Crippen molar-refractivity contribution in [2.24, 2.45) is 5.92 Å². The van der Waals surface area contributed by atoms with Crippen LogP contribution in [0.2, 0.25) is 0 Å². The average Bonchev–Trinajstić information content (AvgIpc) is 3.21. The van der Waals surface area contributed by atoms with Gasteiger partial charge >= 0.3 is 6.03 Å². The van der Waals surface area contributed by atoms with Gasteiger partial charge in [-0.15, -0.1) is 0 Å². The van der Waals surface area contributed by atoms with Gasteiger partial charge in [-0.1, -0.05) is 43.9 Å². The summed E-state index contributed by atoms with van der Waals surface area (Å²) in [5.41, 5.74) is 1.18. The second-order valence-corrected chi connectivity index (χ2v) is 7.57. The quantitative estimate of drug-likeness (QED) is 0.436. The number of piperazine rings is 1. The maximum absolute atomic E-state index is 12.7. The van der Waals surface area contributed by atoms with Crippen LogP contribution in [0.15, 0.2) is 30.3 Å². The number of urea groups is 1. The van der Waals surface area contributed by atoms with Crippen LogP contribution in [0.3, 0.4) is 0 Å². The number of carbonyl (C=O) groups is 2. The van der Waals surface area contributed by atoms with E-state index in [2.05, 4.69) is 22.3 Å². The van der Waals surface area contributed by atoms with Gasteiger partial charge in [-0.05, 0) is 24.5 Å². The monoisotopic (exact) mass is 374 g/mol. The Morgan fingerprint density at radius 2 is 1.85 bits per heavy atom. The summed E-state index contributed by atoms with van der Waals surface area (Å²) < 4.78 is 0. The number of hydrogen-bond acceptors (Lipinski definition) is 4. The van der Waals surface area contributed by atoms with Crippen molar-refractivity contribution in [3.63, 3.8) is 0 Å². The third-order valence-corrected chi connectivity index (χ3v) is 5.64. The van der Waals surface area contributed by atoms with E-state index >= 15 is 0 Å². The number of benzene rings is 1. The average molecular weight is 374 g/mol. The summed E-state index contributed by atoms with van der Waals surface area (Å²) >= 11 is 0. The van der Waals surface area contributed by atoms with Crippen LogP contribution in [0.1, 0.15) is 32.1 Å². The number of rotatable bonds is 7. The molecule has 0 bridgehead atoms. The van der Waals surface area contributed by atoms with Crippen molar-refractivity contribution in [2.45, 2.75) is 38.1 Å². The van der Waals surface area contributed by atoms with E-state index in [9.17, 15) is 14.8 Å². The molecule has 148 valence electrons. The summed E-state index contributed by atoms with van der Waals surface area (Å²) in [5.74, 6) is 0.560. The van der Waals surface area contributed by atoms with Gasteiger partial charge < -0.3 is 15.1 Å². The molecule has 2 fully saturated rings. The molecule has 27 heavy (non-hydrogen) atoms. The molecule has 2 N–H and O–H groups in total. The first-order valence-electron chi connectivity index (χ1n) is 9.92. The highest BCUT2D eigenvalue weighted by Gasteiger charge is 2.26. The maximum Gasteiger partial charge on any atom is 0.317 e. The van der Waals surface area contributed by atoms with Gasteiger partial charge in [-0.2, -0.15) is 0 Å². The number of para-hydroxylation sites is 1. The molecule has 3 rings (SSSR count). The highest BCUT2D eigenvalue weighted by molar-refractivity contribution is 5.75. The zero-order valence-corrected chi connectivity index (χ0v) is 15.8. The van der Waals surface area contributed by atoms with Crippen LogP contribution >= 0.6 is 0 Å². The lowest BCUT2D eigenvalue weighted by Crippen LogP contribution is -2.55. The number of anilines is 1. The fourth-order valence-corrected chi connectivity index (χ4v) is 4.17. The van der Waals surface area contributed by atoms with Crippen LogP contribution in [0, 0.1) is 5.92 Å². The van der Waals surface area contributed by atoms with Crippen LogP contribution < -0.4 is 10.2 Å². The summed E-state index contributed by atoms with van der Waals surface area (Å²) in [6, 6.07) is 9.89. The summed E-state index contributed by atoms with van der Waals surface area (Å²) in [4.78, 5) is 27.6. The van der Waals surface area contributed by atoms with E-state index < -0.39 is 0 Å². The van der Waals surface area contributed by atoms with Crippen LogP contribution in [-0.2, 0) is 4.79 Å². The molecule has 3 amide bonds. The highest BCUT2D eigenvalue weighted by atomic mass is 16.5. The number of amides is 3.